The number of hydrogen-bond acceptors (Lipinski definition) is 4. The highest BCUT2D eigenvalue weighted by Crippen LogP contribution is 2.13. The van der Waals surface area contributed by atoms with E-state index in [2.05, 4.69) is 46.8 Å². The van der Waals surface area contributed by atoms with Crippen LogP contribution in [0.3, 0.4) is 0 Å². The predicted molar refractivity (Wildman–Crippen MR) is 78.3 cm³/mol. The van der Waals surface area contributed by atoms with Crippen LogP contribution in [0, 0.1) is 0 Å². The standard InChI is InChI=1S/C15H22N4O/c1-13(14-6-3-2-4-7-14)10-16-11-15-12-19(18-17-15)8-5-9-20/h2-4,6-7,12-13,16,20H,5,8-11H2,1H3. The average Bonchev–Trinajstić information content (AvgIpc) is 2.94. The van der Waals surface area contributed by atoms with Gasteiger partial charge in [-0.3, -0.25) is 4.68 Å². The molecule has 5 heteroatoms. The van der Waals surface area contributed by atoms with Crippen LogP contribution in [0.1, 0.15) is 30.5 Å². The van der Waals surface area contributed by atoms with Crippen LogP contribution < -0.4 is 5.32 Å². The van der Waals surface area contributed by atoms with Crippen LogP contribution in [0.4, 0.5) is 0 Å². The van der Waals surface area contributed by atoms with Crippen LogP contribution in [-0.4, -0.2) is 33.3 Å². The lowest BCUT2D eigenvalue weighted by Gasteiger charge is -2.12. The first-order valence-electron chi connectivity index (χ1n) is 7.05. The number of nitrogens with one attached hydrogen (secondary N) is 1. The number of aromatic nitrogens is 3. The molecule has 0 aliphatic rings. The Morgan fingerprint density at radius 3 is 2.85 bits per heavy atom. The van der Waals surface area contributed by atoms with Gasteiger partial charge in [-0.05, 0) is 17.9 Å². The fourth-order valence-electron chi connectivity index (χ4n) is 2.08. The third kappa shape index (κ3) is 4.43. The molecule has 1 heterocycles. The maximum absolute atomic E-state index is 8.77. The van der Waals surface area contributed by atoms with E-state index in [-0.39, 0.29) is 6.61 Å². The normalized spacial score (nSPS) is 12.5. The fraction of sp³-hybridized carbons (Fsp3) is 0.467. The minimum Gasteiger partial charge on any atom is -0.396 e. The summed E-state index contributed by atoms with van der Waals surface area (Å²) in [6, 6.07) is 10.5. The summed E-state index contributed by atoms with van der Waals surface area (Å²) in [7, 11) is 0. The van der Waals surface area contributed by atoms with Crippen LogP contribution >= 0.6 is 0 Å². The molecule has 5 nitrogen and oxygen atoms in total. The summed E-state index contributed by atoms with van der Waals surface area (Å²) in [6.45, 7) is 4.73. The molecule has 1 atom stereocenters. The first-order valence-corrected chi connectivity index (χ1v) is 7.05. The van der Waals surface area contributed by atoms with E-state index in [4.69, 9.17) is 5.11 Å². The summed E-state index contributed by atoms with van der Waals surface area (Å²) in [5, 5.41) is 20.3. The third-order valence-electron chi connectivity index (χ3n) is 3.26. The number of nitrogens with zero attached hydrogens (tertiary/aromatic N) is 3. The van der Waals surface area contributed by atoms with Crippen molar-refractivity contribution in [1.82, 2.24) is 20.3 Å². The summed E-state index contributed by atoms with van der Waals surface area (Å²) in [6.07, 6.45) is 2.64. The van der Waals surface area contributed by atoms with E-state index in [1.54, 1.807) is 4.68 Å². The fourth-order valence-corrected chi connectivity index (χ4v) is 2.08. The van der Waals surface area contributed by atoms with E-state index in [9.17, 15) is 0 Å². The molecular formula is C15H22N4O. The monoisotopic (exact) mass is 274 g/mol. The van der Waals surface area contributed by atoms with Crippen LogP contribution in [0.15, 0.2) is 36.5 Å². The number of rotatable bonds is 8. The van der Waals surface area contributed by atoms with Crippen LogP contribution in [0.2, 0.25) is 0 Å². The zero-order valence-electron chi connectivity index (χ0n) is 11.9. The Bertz CT molecular complexity index is 498. The molecule has 2 rings (SSSR count). The predicted octanol–water partition coefficient (Wildman–Crippen LogP) is 1.55. The SMILES string of the molecule is CC(CNCc1cn(CCCO)nn1)c1ccccc1. The Balaban J connectivity index is 1.74. The highest BCUT2D eigenvalue weighted by atomic mass is 16.3. The summed E-state index contributed by atoms with van der Waals surface area (Å²) >= 11 is 0. The largest absolute Gasteiger partial charge is 0.396 e. The molecule has 0 saturated heterocycles. The molecule has 0 amide bonds. The van der Waals surface area contributed by atoms with E-state index in [1.807, 2.05) is 12.3 Å². The molecule has 0 aliphatic heterocycles. The lowest BCUT2D eigenvalue weighted by atomic mass is 10.0. The number of aliphatic hydroxyl groups is 1. The summed E-state index contributed by atoms with van der Waals surface area (Å²) in [4.78, 5) is 0. The molecule has 20 heavy (non-hydrogen) atoms. The molecule has 0 spiro atoms. The second kappa shape index (κ2) is 7.77. The van der Waals surface area contributed by atoms with E-state index in [0.29, 0.717) is 18.9 Å². The van der Waals surface area contributed by atoms with Gasteiger partial charge in [-0.1, -0.05) is 42.5 Å². The van der Waals surface area contributed by atoms with Crippen LogP contribution in [0.5, 0.6) is 0 Å². The van der Waals surface area contributed by atoms with E-state index in [0.717, 1.165) is 18.8 Å². The Labute approximate surface area is 119 Å². The molecule has 0 aliphatic carbocycles. The van der Waals surface area contributed by atoms with Gasteiger partial charge in [0.15, 0.2) is 0 Å². The van der Waals surface area contributed by atoms with Crippen molar-refractivity contribution in [1.29, 1.82) is 0 Å². The second-order valence-electron chi connectivity index (χ2n) is 4.99. The van der Waals surface area contributed by atoms with Crippen molar-refractivity contribution in [2.75, 3.05) is 13.2 Å². The summed E-state index contributed by atoms with van der Waals surface area (Å²) < 4.78 is 1.77. The second-order valence-corrected chi connectivity index (χ2v) is 4.99. The number of hydrogen-bond donors (Lipinski definition) is 2. The Kier molecular flexibility index (Phi) is 5.70. The molecule has 0 radical (unpaired) electrons. The Morgan fingerprint density at radius 2 is 2.10 bits per heavy atom. The van der Waals surface area contributed by atoms with Crippen molar-refractivity contribution in [3.63, 3.8) is 0 Å². The van der Waals surface area contributed by atoms with Crippen molar-refractivity contribution >= 4 is 0 Å². The molecule has 1 unspecified atom stereocenters. The zero-order valence-corrected chi connectivity index (χ0v) is 11.9. The minimum absolute atomic E-state index is 0.183. The van der Waals surface area contributed by atoms with E-state index >= 15 is 0 Å². The summed E-state index contributed by atoms with van der Waals surface area (Å²) in [5.41, 5.74) is 2.27. The van der Waals surface area contributed by atoms with Gasteiger partial charge in [-0.25, -0.2) is 0 Å². The molecule has 2 aromatic rings. The van der Waals surface area contributed by atoms with Gasteiger partial charge < -0.3 is 10.4 Å². The molecular weight excluding hydrogens is 252 g/mol. The smallest absolute Gasteiger partial charge is 0.0964 e. The quantitative estimate of drug-likeness (QED) is 0.766. The van der Waals surface area contributed by atoms with E-state index in [1.165, 1.54) is 5.56 Å². The lowest BCUT2D eigenvalue weighted by molar-refractivity contribution is 0.276. The van der Waals surface area contributed by atoms with Gasteiger partial charge in [0.1, 0.15) is 0 Å². The van der Waals surface area contributed by atoms with Crippen molar-refractivity contribution < 1.29 is 5.11 Å². The molecule has 2 N–H and O–H groups in total. The van der Waals surface area contributed by atoms with Crippen molar-refractivity contribution in [2.24, 2.45) is 0 Å². The maximum atomic E-state index is 8.77. The van der Waals surface area contributed by atoms with Gasteiger partial charge in [0, 0.05) is 32.4 Å². The molecule has 1 aromatic heterocycles. The first kappa shape index (κ1) is 14.7. The highest BCUT2D eigenvalue weighted by Gasteiger charge is 2.05. The van der Waals surface area contributed by atoms with Gasteiger partial charge >= 0.3 is 0 Å². The molecule has 108 valence electrons. The van der Waals surface area contributed by atoms with Gasteiger partial charge in [-0.2, -0.15) is 0 Å². The van der Waals surface area contributed by atoms with Gasteiger partial charge in [-0.15, -0.1) is 5.10 Å². The van der Waals surface area contributed by atoms with Gasteiger partial charge in [0.25, 0.3) is 0 Å². The highest BCUT2D eigenvalue weighted by molar-refractivity contribution is 5.18. The summed E-state index contributed by atoms with van der Waals surface area (Å²) in [5.74, 6) is 0.473. The van der Waals surface area contributed by atoms with Crippen molar-refractivity contribution in [3.05, 3.63) is 47.8 Å². The Morgan fingerprint density at radius 1 is 1.30 bits per heavy atom. The third-order valence-corrected chi connectivity index (χ3v) is 3.26. The molecule has 0 bridgehead atoms. The number of aryl methyl sites for hydroxylation is 1. The van der Waals surface area contributed by atoms with Crippen LogP contribution in [0.25, 0.3) is 0 Å². The minimum atomic E-state index is 0.183. The van der Waals surface area contributed by atoms with Crippen molar-refractivity contribution in [2.45, 2.75) is 32.4 Å². The zero-order chi connectivity index (χ0) is 14.2. The topological polar surface area (TPSA) is 63.0 Å². The Hall–Kier alpha value is -1.72. The van der Waals surface area contributed by atoms with Crippen molar-refractivity contribution in [3.8, 4) is 0 Å². The molecule has 1 aromatic carbocycles. The van der Waals surface area contributed by atoms with E-state index < -0.39 is 0 Å². The molecule has 0 fully saturated rings. The van der Waals surface area contributed by atoms with Gasteiger partial charge in [0.05, 0.1) is 5.69 Å². The van der Waals surface area contributed by atoms with Gasteiger partial charge in [0.2, 0.25) is 0 Å². The average molecular weight is 274 g/mol. The number of aliphatic hydroxyl groups excluding tert-OH is 1. The maximum Gasteiger partial charge on any atom is 0.0964 e. The first-order chi connectivity index (χ1) is 9.79. The lowest BCUT2D eigenvalue weighted by Crippen LogP contribution is -2.19. The van der Waals surface area contributed by atoms with Crippen LogP contribution in [-0.2, 0) is 13.1 Å². The number of benzene rings is 1. The molecule has 0 saturated carbocycles.